The molecule has 202 valence electrons. The van der Waals surface area contributed by atoms with E-state index in [0.717, 1.165) is 43.1 Å². The summed E-state index contributed by atoms with van der Waals surface area (Å²) in [5.41, 5.74) is 2.43. The zero-order chi connectivity index (χ0) is 27.0. The van der Waals surface area contributed by atoms with Crippen LogP contribution in [0.15, 0.2) is 48.5 Å². The van der Waals surface area contributed by atoms with Gasteiger partial charge in [-0.05, 0) is 62.9 Å². The van der Waals surface area contributed by atoms with E-state index in [0.29, 0.717) is 17.1 Å². The molecule has 1 fully saturated rings. The highest BCUT2D eigenvalue weighted by molar-refractivity contribution is 7.92. The van der Waals surface area contributed by atoms with E-state index >= 15 is 0 Å². The molecule has 0 aliphatic heterocycles. The lowest BCUT2D eigenvalue weighted by atomic mass is 9.95. The minimum absolute atomic E-state index is 0.111. The van der Waals surface area contributed by atoms with Crippen LogP contribution in [0.5, 0.6) is 0 Å². The number of carbonyl (C=O) groups excluding carboxylic acids is 2. The summed E-state index contributed by atoms with van der Waals surface area (Å²) in [6, 6.07) is 14.0. The second kappa shape index (κ2) is 13.3. The van der Waals surface area contributed by atoms with Crippen LogP contribution in [0.25, 0.3) is 0 Å². The molecule has 1 atom stereocenters. The first kappa shape index (κ1) is 29.0. The van der Waals surface area contributed by atoms with Gasteiger partial charge >= 0.3 is 0 Å². The van der Waals surface area contributed by atoms with E-state index in [4.69, 9.17) is 11.6 Å². The summed E-state index contributed by atoms with van der Waals surface area (Å²) in [5.74, 6) is -0.372. The van der Waals surface area contributed by atoms with Gasteiger partial charge in [0.25, 0.3) is 0 Å². The fraction of sp³-hybridized carbons (Fsp3) is 0.500. The largest absolute Gasteiger partial charge is 0.352 e. The lowest BCUT2D eigenvalue weighted by molar-refractivity contribution is -0.141. The molecule has 1 aliphatic rings. The molecule has 0 unspecified atom stereocenters. The molecule has 2 aromatic carbocycles. The molecule has 37 heavy (non-hydrogen) atoms. The van der Waals surface area contributed by atoms with Crippen molar-refractivity contribution in [3.63, 3.8) is 0 Å². The van der Waals surface area contributed by atoms with Crippen molar-refractivity contribution < 1.29 is 18.0 Å². The van der Waals surface area contributed by atoms with Crippen molar-refractivity contribution in [1.82, 2.24) is 10.2 Å². The molecule has 0 heterocycles. The smallest absolute Gasteiger partial charge is 0.242 e. The van der Waals surface area contributed by atoms with Gasteiger partial charge in [0.2, 0.25) is 21.8 Å². The first-order valence-electron chi connectivity index (χ1n) is 12.9. The first-order chi connectivity index (χ1) is 17.5. The van der Waals surface area contributed by atoms with Gasteiger partial charge in [-0.2, -0.15) is 0 Å². The zero-order valence-corrected chi connectivity index (χ0v) is 23.5. The van der Waals surface area contributed by atoms with E-state index in [2.05, 4.69) is 5.32 Å². The number of hydrogen-bond acceptors (Lipinski definition) is 4. The van der Waals surface area contributed by atoms with E-state index < -0.39 is 16.1 Å². The Morgan fingerprint density at radius 1 is 1.08 bits per heavy atom. The van der Waals surface area contributed by atoms with Crippen molar-refractivity contribution in [2.45, 2.75) is 77.4 Å². The SMILES string of the molecule is Cc1ccc(N(CCCC(=O)N(Cc2cccc(Cl)c2)[C@@H](C)C(=O)NC2CCCCC2)S(C)(=O)=O)cc1. The minimum Gasteiger partial charge on any atom is -0.352 e. The zero-order valence-electron chi connectivity index (χ0n) is 22.0. The molecule has 0 saturated heterocycles. The topological polar surface area (TPSA) is 86.8 Å². The quantitative estimate of drug-likeness (QED) is 0.426. The molecular formula is C28H38ClN3O4S. The van der Waals surface area contributed by atoms with Crippen LogP contribution in [0.2, 0.25) is 5.02 Å². The van der Waals surface area contributed by atoms with E-state index in [-0.39, 0.29) is 37.4 Å². The molecule has 3 rings (SSSR count). The molecule has 0 spiro atoms. The van der Waals surface area contributed by atoms with Crippen molar-refractivity contribution in [2.24, 2.45) is 0 Å². The molecule has 1 aliphatic carbocycles. The third kappa shape index (κ3) is 8.75. The predicted octanol–water partition coefficient (Wildman–Crippen LogP) is 5.06. The van der Waals surface area contributed by atoms with Crippen LogP contribution < -0.4 is 9.62 Å². The maximum atomic E-state index is 13.4. The fourth-order valence-corrected chi connectivity index (χ4v) is 5.88. The maximum Gasteiger partial charge on any atom is 0.242 e. The van der Waals surface area contributed by atoms with Crippen molar-refractivity contribution in [3.05, 3.63) is 64.7 Å². The standard InChI is InChI=1S/C28H38ClN3O4S/c1-21-14-16-26(17-15-21)32(37(3,35)36)18-8-13-27(33)31(20-23-9-7-10-24(29)19-23)22(2)28(34)30-25-11-5-4-6-12-25/h7,9-10,14-17,19,22,25H,4-6,8,11-13,18,20H2,1-3H3,(H,30,34)/t22-/m0/s1. The number of sulfonamides is 1. The molecule has 0 bridgehead atoms. The molecular weight excluding hydrogens is 510 g/mol. The molecule has 0 radical (unpaired) electrons. The lowest BCUT2D eigenvalue weighted by Crippen LogP contribution is -2.50. The molecule has 1 N–H and O–H groups in total. The van der Waals surface area contributed by atoms with Crippen molar-refractivity contribution in [2.75, 3.05) is 17.1 Å². The van der Waals surface area contributed by atoms with Crippen molar-refractivity contribution >= 4 is 39.1 Å². The fourth-order valence-electron chi connectivity index (χ4n) is 4.70. The van der Waals surface area contributed by atoms with E-state index in [9.17, 15) is 18.0 Å². The van der Waals surface area contributed by atoms with Gasteiger partial charge in [0.15, 0.2) is 0 Å². The number of nitrogens with one attached hydrogen (secondary N) is 1. The molecule has 2 amide bonds. The Balaban J connectivity index is 1.71. The van der Waals surface area contributed by atoms with Crippen LogP contribution in [-0.2, 0) is 26.2 Å². The summed E-state index contributed by atoms with van der Waals surface area (Å²) < 4.78 is 26.2. The summed E-state index contributed by atoms with van der Waals surface area (Å²) in [6.07, 6.45) is 6.90. The average Bonchev–Trinajstić information content (AvgIpc) is 2.85. The average molecular weight is 548 g/mol. The Morgan fingerprint density at radius 2 is 1.76 bits per heavy atom. The summed E-state index contributed by atoms with van der Waals surface area (Å²) in [4.78, 5) is 28.1. The number of nitrogens with zero attached hydrogens (tertiary/aromatic N) is 2. The molecule has 9 heteroatoms. The number of anilines is 1. The monoisotopic (exact) mass is 547 g/mol. The van der Waals surface area contributed by atoms with Crippen LogP contribution in [0, 0.1) is 6.92 Å². The van der Waals surface area contributed by atoms with Crippen molar-refractivity contribution in [3.8, 4) is 0 Å². The Kier molecular flexibility index (Phi) is 10.4. The second-order valence-corrected chi connectivity index (χ2v) is 12.3. The van der Waals surface area contributed by atoms with Crippen LogP contribution in [0.1, 0.15) is 63.0 Å². The van der Waals surface area contributed by atoms with Crippen LogP contribution in [-0.4, -0.2) is 50.0 Å². The Labute approximate surface area is 226 Å². The van der Waals surface area contributed by atoms with Crippen molar-refractivity contribution in [1.29, 1.82) is 0 Å². The maximum absolute atomic E-state index is 13.4. The Morgan fingerprint density at radius 3 is 2.38 bits per heavy atom. The van der Waals surface area contributed by atoms with Gasteiger partial charge in [0.1, 0.15) is 6.04 Å². The third-order valence-electron chi connectivity index (χ3n) is 6.83. The highest BCUT2D eigenvalue weighted by atomic mass is 35.5. The summed E-state index contributed by atoms with van der Waals surface area (Å²) in [5, 5.41) is 3.69. The third-order valence-corrected chi connectivity index (χ3v) is 8.26. The van der Waals surface area contributed by atoms with Gasteiger partial charge in [-0.1, -0.05) is 60.7 Å². The number of hydrogen-bond donors (Lipinski definition) is 1. The normalized spacial score (nSPS) is 15.1. The van der Waals surface area contributed by atoms with Gasteiger partial charge in [0, 0.05) is 30.6 Å². The molecule has 7 nitrogen and oxygen atoms in total. The number of halogens is 1. The Bertz CT molecular complexity index is 1160. The lowest BCUT2D eigenvalue weighted by Gasteiger charge is -2.31. The highest BCUT2D eigenvalue weighted by Gasteiger charge is 2.28. The number of amides is 2. The first-order valence-corrected chi connectivity index (χ1v) is 15.2. The number of rotatable bonds is 11. The van der Waals surface area contributed by atoms with Crippen LogP contribution in [0.4, 0.5) is 5.69 Å². The Hall–Kier alpha value is -2.58. The van der Waals surface area contributed by atoms with Gasteiger partial charge in [0.05, 0.1) is 11.9 Å². The highest BCUT2D eigenvalue weighted by Crippen LogP contribution is 2.21. The van der Waals surface area contributed by atoms with Gasteiger partial charge in [-0.15, -0.1) is 0 Å². The summed E-state index contributed by atoms with van der Waals surface area (Å²) in [7, 11) is -3.52. The summed E-state index contributed by atoms with van der Waals surface area (Å²) in [6.45, 7) is 4.09. The summed E-state index contributed by atoms with van der Waals surface area (Å²) >= 11 is 6.16. The number of benzene rings is 2. The van der Waals surface area contributed by atoms with Gasteiger partial charge in [-0.3, -0.25) is 13.9 Å². The van der Waals surface area contributed by atoms with E-state index in [1.807, 2.05) is 31.2 Å². The van der Waals surface area contributed by atoms with E-state index in [1.165, 1.54) is 10.7 Å². The molecule has 0 aromatic heterocycles. The van der Waals surface area contributed by atoms with Gasteiger partial charge in [-0.25, -0.2) is 8.42 Å². The second-order valence-electron chi connectivity index (χ2n) is 9.95. The van der Waals surface area contributed by atoms with Crippen LogP contribution in [0.3, 0.4) is 0 Å². The number of aryl methyl sites for hydroxylation is 1. The molecule has 2 aromatic rings. The molecule has 1 saturated carbocycles. The van der Waals surface area contributed by atoms with Crippen LogP contribution >= 0.6 is 11.6 Å². The minimum atomic E-state index is -3.52. The predicted molar refractivity (Wildman–Crippen MR) is 149 cm³/mol. The number of carbonyl (C=O) groups is 2. The van der Waals surface area contributed by atoms with Gasteiger partial charge < -0.3 is 10.2 Å². The van der Waals surface area contributed by atoms with E-state index in [1.54, 1.807) is 36.1 Å².